The zero-order valence-electron chi connectivity index (χ0n) is 38.9. The number of benzene rings is 8. The highest BCUT2D eigenvalue weighted by Crippen LogP contribution is 2.52. The molecule has 1 aromatic heterocycles. The van der Waals surface area contributed by atoms with E-state index in [2.05, 4.69) is 268 Å². The lowest BCUT2D eigenvalue weighted by Crippen LogP contribution is -2.18. The van der Waals surface area contributed by atoms with Crippen LogP contribution in [-0.4, -0.2) is 4.57 Å². The second-order valence-electron chi connectivity index (χ2n) is 18.5. The third-order valence-corrected chi connectivity index (χ3v) is 14.5. The summed E-state index contributed by atoms with van der Waals surface area (Å²) in [6.45, 7) is 4.78. The number of hydrogen-bond donors (Lipinski definition) is 0. The molecule has 3 heterocycles. The smallest absolute Gasteiger partial charge is 0.0541 e. The van der Waals surface area contributed by atoms with Crippen molar-refractivity contribution in [2.75, 3.05) is 14.7 Å². The zero-order valence-corrected chi connectivity index (χ0v) is 38.9. The van der Waals surface area contributed by atoms with Gasteiger partial charge in [0.2, 0.25) is 0 Å². The Kier molecular flexibility index (Phi) is 10.2. The molecular formula is C66H50N4. The van der Waals surface area contributed by atoms with Crippen LogP contribution in [0.15, 0.2) is 278 Å². The molecule has 4 nitrogen and oxygen atoms in total. The molecule has 0 bridgehead atoms. The Morgan fingerprint density at radius 3 is 1.81 bits per heavy atom. The molecule has 2 aliphatic heterocycles. The van der Waals surface area contributed by atoms with Gasteiger partial charge in [0.1, 0.15) is 0 Å². The van der Waals surface area contributed by atoms with Crippen molar-refractivity contribution >= 4 is 61.5 Å². The molecule has 9 aromatic rings. The molecule has 0 amide bonds. The molecule has 4 heteroatoms. The minimum Gasteiger partial charge on any atom is -0.317 e. The molecule has 0 spiro atoms. The highest BCUT2D eigenvalue weighted by Gasteiger charge is 2.35. The van der Waals surface area contributed by atoms with E-state index >= 15 is 0 Å². The minimum absolute atomic E-state index is 0.270. The van der Waals surface area contributed by atoms with E-state index in [4.69, 9.17) is 6.58 Å². The first kappa shape index (κ1) is 41.3. The van der Waals surface area contributed by atoms with Crippen molar-refractivity contribution in [2.45, 2.75) is 25.2 Å². The SMILES string of the molecule is C=C1/C=C(C2=CC=C(N(c3ccccc3)c3ccccc3)CC2)\C=C/N(c2ccccc2)c2ccc(-c3ccc4c(c3)C3CC=CC=C3N4c3ccc(-n4c5ccccc5c5ccccc54)cc3)cc21. The lowest BCUT2D eigenvalue weighted by molar-refractivity contribution is 0.820. The van der Waals surface area contributed by atoms with E-state index in [1.807, 2.05) is 0 Å². The van der Waals surface area contributed by atoms with Gasteiger partial charge in [-0.3, -0.25) is 0 Å². The summed E-state index contributed by atoms with van der Waals surface area (Å²) >= 11 is 0. The summed E-state index contributed by atoms with van der Waals surface area (Å²) in [5.41, 5.74) is 21.4. The Morgan fingerprint density at radius 1 is 0.529 bits per heavy atom. The summed E-state index contributed by atoms with van der Waals surface area (Å²) in [4.78, 5) is 7.17. The van der Waals surface area contributed by atoms with Gasteiger partial charge in [0.25, 0.3) is 0 Å². The van der Waals surface area contributed by atoms with Gasteiger partial charge in [-0.15, -0.1) is 0 Å². The molecule has 0 fully saturated rings. The minimum atomic E-state index is 0.270. The number of rotatable bonds is 8. The maximum absolute atomic E-state index is 4.78. The number of fused-ring (bicyclic) bond motifs is 7. The van der Waals surface area contributed by atoms with Crippen LogP contribution in [0.3, 0.4) is 0 Å². The van der Waals surface area contributed by atoms with Crippen molar-refractivity contribution in [3.63, 3.8) is 0 Å². The lowest BCUT2D eigenvalue weighted by Gasteiger charge is -2.30. The molecule has 4 aliphatic rings. The molecule has 2 aliphatic carbocycles. The Labute approximate surface area is 410 Å². The van der Waals surface area contributed by atoms with E-state index in [1.54, 1.807) is 0 Å². The summed E-state index contributed by atoms with van der Waals surface area (Å²) in [5, 5.41) is 2.54. The summed E-state index contributed by atoms with van der Waals surface area (Å²) in [7, 11) is 0. The van der Waals surface area contributed by atoms with Crippen LogP contribution in [0.4, 0.5) is 34.1 Å². The van der Waals surface area contributed by atoms with E-state index in [9.17, 15) is 0 Å². The summed E-state index contributed by atoms with van der Waals surface area (Å²) in [6.07, 6.45) is 21.0. The van der Waals surface area contributed by atoms with Crippen LogP contribution in [-0.2, 0) is 0 Å². The second-order valence-corrected chi connectivity index (χ2v) is 18.5. The number of nitrogens with zero attached hydrogens (tertiary/aromatic N) is 4. The van der Waals surface area contributed by atoms with Crippen molar-refractivity contribution in [1.82, 2.24) is 4.57 Å². The van der Waals surface area contributed by atoms with Crippen molar-refractivity contribution in [3.05, 3.63) is 289 Å². The maximum Gasteiger partial charge on any atom is 0.0541 e. The Hall–Kier alpha value is -8.86. The average Bonchev–Trinajstić information content (AvgIpc) is 3.94. The van der Waals surface area contributed by atoms with Crippen LogP contribution in [0.2, 0.25) is 0 Å². The molecule has 1 unspecified atom stereocenters. The fourth-order valence-electron chi connectivity index (χ4n) is 11.2. The van der Waals surface area contributed by atoms with Gasteiger partial charge in [0, 0.05) is 74.0 Å². The fraction of sp³-hybridized carbons (Fsp3) is 0.0606. The normalized spacial score (nSPS) is 17.4. The number of para-hydroxylation sites is 5. The maximum atomic E-state index is 4.78. The highest BCUT2D eigenvalue weighted by atomic mass is 15.2. The molecule has 334 valence electrons. The van der Waals surface area contributed by atoms with Crippen molar-refractivity contribution < 1.29 is 0 Å². The number of aromatic nitrogens is 1. The van der Waals surface area contributed by atoms with Gasteiger partial charge in [0.05, 0.1) is 16.7 Å². The van der Waals surface area contributed by atoms with Gasteiger partial charge in [-0.05, 0) is 174 Å². The van der Waals surface area contributed by atoms with Crippen LogP contribution < -0.4 is 14.7 Å². The number of hydrogen-bond acceptors (Lipinski definition) is 3. The third-order valence-electron chi connectivity index (χ3n) is 14.5. The van der Waals surface area contributed by atoms with Gasteiger partial charge in [-0.2, -0.15) is 0 Å². The first-order valence-electron chi connectivity index (χ1n) is 24.4. The van der Waals surface area contributed by atoms with Gasteiger partial charge >= 0.3 is 0 Å². The van der Waals surface area contributed by atoms with Crippen molar-refractivity contribution in [1.29, 1.82) is 0 Å². The molecule has 8 aromatic carbocycles. The van der Waals surface area contributed by atoms with Gasteiger partial charge in [-0.1, -0.05) is 128 Å². The van der Waals surface area contributed by atoms with Crippen LogP contribution in [0, 0.1) is 0 Å². The standard InChI is InChI=1S/C66H50N4/c1-46-43-50(47-29-33-54(34-30-47)68(52-19-7-3-8-20-52)53-21-9-4-10-22-53)41-42-67(51-17-5-2-6-18-51)62-39-31-48(44-60(46)62)49-32-40-66-61(45-49)59-25-13-16-28-65(59)70(66)56-37-35-55(36-38-56)69-63-26-14-11-23-57(63)58-24-12-15-27-64(58)69/h2-24,26-29,31-33,35-45,59H,1,25,30,34H2/b42-41-,50-43+. The summed E-state index contributed by atoms with van der Waals surface area (Å²) in [6, 6.07) is 72.6. The molecule has 70 heavy (non-hydrogen) atoms. The molecule has 1 atom stereocenters. The van der Waals surface area contributed by atoms with Crippen LogP contribution >= 0.6 is 0 Å². The third kappa shape index (κ3) is 7.16. The van der Waals surface area contributed by atoms with Crippen molar-refractivity contribution in [2.24, 2.45) is 0 Å². The Balaban J connectivity index is 0.848. The van der Waals surface area contributed by atoms with Crippen LogP contribution in [0.1, 0.15) is 36.3 Å². The van der Waals surface area contributed by atoms with E-state index in [0.717, 1.165) is 58.8 Å². The average molecular weight is 899 g/mol. The lowest BCUT2D eigenvalue weighted by atomic mass is 9.88. The molecule has 0 saturated heterocycles. The van der Waals surface area contributed by atoms with Crippen LogP contribution in [0.25, 0.3) is 44.2 Å². The zero-order chi connectivity index (χ0) is 46.5. The molecular weight excluding hydrogens is 849 g/mol. The molecule has 0 saturated carbocycles. The first-order chi connectivity index (χ1) is 34.6. The topological polar surface area (TPSA) is 14.7 Å². The van der Waals surface area contributed by atoms with E-state index in [0.29, 0.717) is 0 Å². The predicted molar refractivity (Wildman–Crippen MR) is 295 cm³/mol. The Morgan fingerprint density at radius 2 is 1.14 bits per heavy atom. The quantitative estimate of drug-likeness (QED) is 0.151. The van der Waals surface area contributed by atoms with E-state index in [-0.39, 0.29) is 5.92 Å². The van der Waals surface area contributed by atoms with Gasteiger partial charge < -0.3 is 19.3 Å². The highest BCUT2D eigenvalue weighted by molar-refractivity contribution is 6.09. The molecule has 0 N–H and O–H groups in total. The summed E-state index contributed by atoms with van der Waals surface area (Å²) in [5.74, 6) is 0.270. The Bertz CT molecular complexity index is 3600. The van der Waals surface area contributed by atoms with Gasteiger partial charge in [-0.25, -0.2) is 0 Å². The largest absolute Gasteiger partial charge is 0.317 e. The van der Waals surface area contributed by atoms with E-state index in [1.165, 1.54) is 72.4 Å². The first-order valence-corrected chi connectivity index (χ1v) is 24.4. The van der Waals surface area contributed by atoms with Crippen molar-refractivity contribution in [3.8, 4) is 16.8 Å². The van der Waals surface area contributed by atoms with Gasteiger partial charge in [0.15, 0.2) is 0 Å². The fourth-order valence-corrected chi connectivity index (χ4v) is 11.2. The number of anilines is 6. The number of allylic oxidation sites excluding steroid dienone is 12. The predicted octanol–water partition coefficient (Wildman–Crippen LogP) is 17.6. The molecule has 13 rings (SSSR count). The summed E-state index contributed by atoms with van der Waals surface area (Å²) < 4.78 is 2.39. The monoisotopic (exact) mass is 898 g/mol. The molecule has 0 radical (unpaired) electrons. The second kappa shape index (κ2) is 17.3. The van der Waals surface area contributed by atoms with E-state index < -0.39 is 0 Å². The van der Waals surface area contributed by atoms with Crippen LogP contribution in [0.5, 0.6) is 0 Å².